The molecule has 2 fully saturated rings. The SMILES string of the molecule is CCc1ccc(CCCCC2CCC(C3CCC(C=CC=C(F)C#N)CC3)CC2)cc1. The Labute approximate surface area is 189 Å². The minimum atomic E-state index is -0.702. The molecule has 0 saturated heterocycles. The van der Waals surface area contributed by atoms with E-state index in [9.17, 15) is 4.39 Å². The highest BCUT2D eigenvalue weighted by atomic mass is 19.1. The summed E-state index contributed by atoms with van der Waals surface area (Å²) >= 11 is 0. The van der Waals surface area contributed by atoms with Crippen molar-refractivity contribution in [1.82, 2.24) is 0 Å². The zero-order valence-electron chi connectivity index (χ0n) is 19.4. The molecule has 2 aliphatic carbocycles. The van der Waals surface area contributed by atoms with Gasteiger partial charge in [0.25, 0.3) is 0 Å². The first-order valence-electron chi connectivity index (χ1n) is 12.7. The van der Waals surface area contributed by atoms with E-state index in [-0.39, 0.29) is 0 Å². The van der Waals surface area contributed by atoms with E-state index in [1.165, 1.54) is 100 Å². The maximum Gasteiger partial charge on any atom is 0.199 e. The third-order valence-corrected chi connectivity index (χ3v) is 7.87. The molecule has 1 nitrogen and oxygen atoms in total. The quantitative estimate of drug-likeness (QED) is 0.223. The molecule has 0 heterocycles. The van der Waals surface area contributed by atoms with Gasteiger partial charge < -0.3 is 0 Å². The Kier molecular flexibility index (Phi) is 9.85. The zero-order valence-corrected chi connectivity index (χ0v) is 19.4. The van der Waals surface area contributed by atoms with Crippen LogP contribution in [0.15, 0.2) is 48.3 Å². The number of hydrogen-bond acceptors (Lipinski definition) is 1. The third kappa shape index (κ3) is 7.95. The van der Waals surface area contributed by atoms with E-state index in [4.69, 9.17) is 5.26 Å². The molecule has 0 aliphatic heterocycles. The lowest BCUT2D eigenvalue weighted by atomic mass is 9.68. The Morgan fingerprint density at radius 2 is 1.55 bits per heavy atom. The molecule has 1 aromatic carbocycles. The fourth-order valence-electron chi connectivity index (χ4n) is 5.80. The van der Waals surface area contributed by atoms with Crippen molar-refractivity contribution in [3.05, 3.63) is 59.4 Å². The predicted molar refractivity (Wildman–Crippen MR) is 128 cm³/mol. The summed E-state index contributed by atoms with van der Waals surface area (Å²) < 4.78 is 12.9. The highest BCUT2D eigenvalue weighted by Gasteiger charge is 2.30. The van der Waals surface area contributed by atoms with E-state index in [1.54, 1.807) is 6.08 Å². The molecular weight excluding hydrogens is 381 g/mol. The summed E-state index contributed by atoms with van der Waals surface area (Å²) in [7, 11) is 0. The Bertz CT molecular complexity index is 738. The van der Waals surface area contributed by atoms with E-state index in [1.807, 2.05) is 0 Å². The molecule has 0 amide bonds. The molecule has 0 bridgehead atoms. The minimum Gasteiger partial charge on any atom is -0.195 e. The molecule has 0 atom stereocenters. The van der Waals surface area contributed by atoms with Crippen LogP contribution in [0.25, 0.3) is 0 Å². The molecule has 3 rings (SSSR count). The summed E-state index contributed by atoms with van der Waals surface area (Å²) in [5.41, 5.74) is 2.94. The highest BCUT2D eigenvalue weighted by Crippen LogP contribution is 2.42. The van der Waals surface area contributed by atoms with Crippen LogP contribution in [0.2, 0.25) is 0 Å². The van der Waals surface area contributed by atoms with Crippen molar-refractivity contribution in [2.45, 2.75) is 90.4 Å². The number of benzene rings is 1. The number of unbranched alkanes of at least 4 members (excludes halogenated alkanes) is 1. The molecule has 168 valence electrons. The van der Waals surface area contributed by atoms with Gasteiger partial charge in [-0.05, 0) is 98.7 Å². The number of rotatable bonds is 9. The van der Waals surface area contributed by atoms with Crippen LogP contribution < -0.4 is 0 Å². The topological polar surface area (TPSA) is 23.8 Å². The van der Waals surface area contributed by atoms with Crippen molar-refractivity contribution in [3.63, 3.8) is 0 Å². The van der Waals surface area contributed by atoms with Crippen LogP contribution in [0.4, 0.5) is 4.39 Å². The average Bonchev–Trinajstić information content (AvgIpc) is 2.83. The normalized spacial score (nSPS) is 27.3. The summed E-state index contributed by atoms with van der Waals surface area (Å²) in [4.78, 5) is 0. The summed E-state index contributed by atoms with van der Waals surface area (Å²) in [5, 5.41) is 8.47. The summed E-state index contributed by atoms with van der Waals surface area (Å²) in [6, 6.07) is 10.7. The van der Waals surface area contributed by atoms with Gasteiger partial charge >= 0.3 is 0 Å². The minimum absolute atomic E-state index is 0.563. The van der Waals surface area contributed by atoms with Crippen LogP contribution in [0, 0.1) is 35.0 Å². The average molecular weight is 422 g/mol. The zero-order chi connectivity index (χ0) is 21.9. The molecular formula is C29H40FN. The smallest absolute Gasteiger partial charge is 0.195 e. The second kappa shape index (κ2) is 12.8. The van der Waals surface area contributed by atoms with Gasteiger partial charge in [0.1, 0.15) is 6.07 Å². The molecule has 2 saturated carbocycles. The fraction of sp³-hybridized carbons (Fsp3) is 0.621. The number of nitriles is 1. The summed E-state index contributed by atoms with van der Waals surface area (Å²) in [6.07, 6.45) is 22.5. The number of nitrogens with zero attached hydrogens (tertiary/aromatic N) is 1. The third-order valence-electron chi connectivity index (χ3n) is 7.87. The summed E-state index contributed by atoms with van der Waals surface area (Å²) in [5.74, 6) is 2.66. The van der Waals surface area contributed by atoms with Crippen LogP contribution in [-0.4, -0.2) is 0 Å². The number of hydrogen-bond donors (Lipinski definition) is 0. The van der Waals surface area contributed by atoms with E-state index < -0.39 is 5.83 Å². The van der Waals surface area contributed by atoms with Gasteiger partial charge in [0.05, 0.1) is 0 Å². The Hall–Kier alpha value is -1.88. The molecule has 0 aromatic heterocycles. The lowest BCUT2D eigenvalue weighted by Gasteiger charge is -2.37. The first-order chi connectivity index (χ1) is 15.2. The van der Waals surface area contributed by atoms with Crippen LogP contribution in [-0.2, 0) is 12.8 Å². The highest BCUT2D eigenvalue weighted by molar-refractivity contribution is 5.22. The lowest BCUT2D eigenvalue weighted by Crippen LogP contribution is -2.25. The van der Waals surface area contributed by atoms with Crippen LogP contribution in [0.3, 0.4) is 0 Å². The van der Waals surface area contributed by atoms with Crippen molar-refractivity contribution >= 4 is 0 Å². The Morgan fingerprint density at radius 1 is 0.935 bits per heavy atom. The molecule has 0 N–H and O–H groups in total. The first-order valence-corrected chi connectivity index (χ1v) is 12.7. The maximum absolute atomic E-state index is 12.9. The Balaban J connectivity index is 1.28. The van der Waals surface area contributed by atoms with Gasteiger partial charge in [-0.15, -0.1) is 0 Å². The lowest BCUT2D eigenvalue weighted by molar-refractivity contribution is 0.151. The molecule has 1 aromatic rings. The molecule has 2 aliphatic rings. The van der Waals surface area contributed by atoms with Crippen LogP contribution >= 0.6 is 0 Å². The Morgan fingerprint density at radius 3 is 2.16 bits per heavy atom. The van der Waals surface area contributed by atoms with Crippen molar-refractivity contribution < 1.29 is 4.39 Å². The van der Waals surface area contributed by atoms with Crippen molar-refractivity contribution in [1.29, 1.82) is 5.26 Å². The number of halogens is 1. The largest absolute Gasteiger partial charge is 0.199 e. The van der Waals surface area contributed by atoms with Crippen molar-refractivity contribution in [2.24, 2.45) is 23.7 Å². The van der Waals surface area contributed by atoms with Gasteiger partial charge in [-0.3, -0.25) is 0 Å². The van der Waals surface area contributed by atoms with Gasteiger partial charge in [0.15, 0.2) is 5.83 Å². The maximum atomic E-state index is 12.9. The van der Waals surface area contributed by atoms with Gasteiger partial charge in [-0.25, -0.2) is 0 Å². The first kappa shape index (κ1) is 23.8. The van der Waals surface area contributed by atoms with Gasteiger partial charge in [-0.2, -0.15) is 9.65 Å². The van der Waals surface area contributed by atoms with Crippen molar-refractivity contribution in [2.75, 3.05) is 0 Å². The van der Waals surface area contributed by atoms with E-state index >= 15 is 0 Å². The van der Waals surface area contributed by atoms with Crippen LogP contribution in [0.1, 0.15) is 88.7 Å². The second-order valence-corrected chi connectivity index (χ2v) is 9.88. The number of allylic oxidation sites excluding steroid dienone is 4. The van der Waals surface area contributed by atoms with E-state index in [0.717, 1.165) is 24.2 Å². The van der Waals surface area contributed by atoms with E-state index in [2.05, 4.69) is 37.3 Å². The molecule has 0 unspecified atom stereocenters. The van der Waals surface area contributed by atoms with Gasteiger partial charge in [0, 0.05) is 0 Å². The van der Waals surface area contributed by atoms with Crippen molar-refractivity contribution in [3.8, 4) is 6.07 Å². The summed E-state index contributed by atoms with van der Waals surface area (Å²) in [6.45, 7) is 2.22. The monoisotopic (exact) mass is 421 g/mol. The second-order valence-electron chi connectivity index (χ2n) is 9.88. The fourth-order valence-corrected chi connectivity index (χ4v) is 5.80. The molecule has 0 spiro atoms. The predicted octanol–water partition coefficient (Wildman–Crippen LogP) is 8.51. The van der Waals surface area contributed by atoms with Gasteiger partial charge in [0.2, 0.25) is 0 Å². The molecule has 2 heteroatoms. The molecule has 0 radical (unpaired) electrons. The standard InChI is InChI=1S/C29H40FN/c1-2-23-10-12-24(13-11-23)6-3-4-7-25-14-18-27(19-15-25)28-20-16-26(17-21-28)8-5-9-29(30)22-31/h5,8-13,25-28H,2-4,6-7,14-21H2,1H3. The number of aryl methyl sites for hydroxylation is 2. The van der Waals surface area contributed by atoms with Gasteiger partial charge in [-0.1, -0.05) is 69.0 Å². The van der Waals surface area contributed by atoms with Crippen LogP contribution in [0.5, 0.6) is 0 Å². The molecule has 31 heavy (non-hydrogen) atoms. The van der Waals surface area contributed by atoms with E-state index in [0.29, 0.717) is 5.92 Å².